The van der Waals surface area contributed by atoms with Gasteiger partial charge in [0.15, 0.2) is 0 Å². The zero-order chi connectivity index (χ0) is 7.11. The van der Waals surface area contributed by atoms with Crippen LogP contribution in [0.15, 0.2) is 0 Å². The first-order valence-electron chi connectivity index (χ1n) is 3.02. The average molecular weight is 244 g/mol. The molecule has 0 fully saturated rings. The van der Waals surface area contributed by atoms with Crippen molar-refractivity contribution in [2.45, 2.75) is 20.0 Å². The van der Waals surface area contributed by atoms with Crippen molar-refractivity contribution in [3.8, 4) is 0 Å². The van der Waals surface area contributed by atoms with Crippen LogP contribution in [-0.4, -0.2) is 23.9 Å². The Morgan fingerprint density at radius 1 is 1.33 bits per heavy atom. The molecule has 0 amide bonds. The lowest BCUT2D eigenvalue weighted by Crippen LogP contribution is -2.08. The largest absolute Gasteiger partial charge is 0.376 e. The van der Waals surface area contributed by atoms with E-state index in [9.17, 15) is 0 Å². The molecule has 56 valence electrons. The number of hydrogen-bond acceptors (Lipinski definition) is 2. The second-order valence-corrected chi connectivity index (χ2v) is 2.56. The number of ether oxygens (including phenoxy) is 2. The highest BCUT2D eigenvalue weighted by Crippen LogP contribution is 1.88. The molecular weight excluding hydrogens is 231 g/mol. The number of alkyl halides is 1. The first-order valence-corrected chi connectivity index (χ1v) is 4.55. The summed E-state index contributed by atoms with van der Waals surface area (Å²) >= 11 is 2.17. The van der Waals surface area contributed by atoms with Crippen LogP contribution in [0.1, 0.15) is 13.8 Å². The summed E-state index contributed by atoms with van der Waals surface area (Å²) in [5.74, 6) is 0. The first kappa shape index (κ1) is 9.65. The number of halogens is 1. The molecule has 9 heavy (non-hydrogen) atoms. The fourth-order valence-electron chi connectivity index (χ4n) is 0.397. The van der Waals surface area contributed by atoms with E-state index in [1.807, 2.05) is 13.8 Å². The van der Waals surface area contributed by atoms with Crippen molar-refractivity contribution in [3.05, 3.63) is 0 Å². The molecule has 0 aliphatic heterocycles. The molecule has 0 atom stereocenters. The van der Waals surface area contributed by atoms with E-state index in [1.165, 1.54) is 0 Å². The van der Waals surface area contributed by atoms with Crippen LogP contribution >= 0.6 is 22.6 Å². The monoisotopic (exact) mass is 244 g/mol. The van der Waals surface area contributed by atoms with Crippen molar-refractivity contribution in [2.75, 3.05) is 17.8 Å². The van der Waals surface area contributed by atoms with Gasteiger partial charge in [0.25, 0.3) is 0 Å². The van der Waals surface area contributed by atoms with Gasteiger partial charge in [-0.05, 0) is 13.8 Å². The molecule has 0 saturated heterocycles. The highest BCUT2D eigenvalue weighted by atomic mass is 127. The smallest absolute Gasteiger partial charge is 0.0980 e. The Kier molecular flexibility index (Phi) is 7.25. The molecule has 0 aliphatic rings. The Balaban J connectivity index is 2.75. The van der Waals surface area contributed by atoms with Gasteiger partial charge in [-0.1, -0.05) is 22.6 Å². The second-order valence-electron chi connectivity index (χ2n) is 1.94. The van der Waals surface area contributed by atoms with Crippen LogP contribution in [0.25, 0.3) is 0 Å². The Morgan fingerprint density at radius 3 is 2.44 bits per heavy atom. The molecule has 0 saturated carbocycles. The highest BCUT2D eigenvalue weighted by Gasteiger charge is 1.90. The molecule has 0 aliphatic carbocycles. The predicted octanol–water partition coefficient (Wildman–Crippen LogP) is 1.82. The molecule has 0 heterocycles. The lowest BCUT2D eigenvalue weighted by molar-refractivity contribution is 0.0335. The van der Waals surface area contributed by atoms with Crippen LogP contribution in [0, 0.1) is 0 Å². The lowest BCUT2D eigenvalue weighted by Gasteiger charge is -2.05. The molecular formula is C6H13IO2. The van der Waals surface area contributed by atoms with Gasteiger partial charge in [-0.3, -0.25) is 0 Å². The molecule has 3 heteroatoms. The SMILES string of the molecule is CC(C)OCCOCI. The zero-order valence-corrected chi connectivity index (χ0v) is 8.05. The van der Waals surface area contributed by atoms with Crippen LogP contribution in [0.4, 0.5) is 0 Å². The minimum Gasteiger partial charge on any atom is -0.376 e. The summed E-state index contributed by atoms with van der Waals surface area (Å²) in [6, 6.07) is 0. The maximum Gasteiger partial charge on any atom is 0.0980 e. The molecule has 0 unspecified atom stereocenters. The van der Waals surface area contributed by atoms with Crippen LogP contribution in [0.3, 0.4) is 0 Å². The Bertz CT molecular complexity index is 57.0. The summed E-state index contributed by atoms with van der Waals surface area (Å²) in [5, 5.41) is 0. The molecule has 0 bridgehead atoms. The zero-order valence-electron chi connectivity index (χ0n) is 5.89. The van der Waals surface area contributed by atoms with E-state index in [1.54, 1.807) is 0 Å². The Hall–Kier alpha value is 0.650. The third-order valence-electron chi connectivity index (χ3n) is 0.756. The van der Waals surface area contributed by atoms with E-state index in [4.69, 9.17) is 9.47 Å². The van der Waals surface area contributed by atoms with Gasteiger partial charge < -0.3 is 9.47 Å². The van der Waals surface area contributed by atoms with E-state index in [-0.39, 0.29) is 0 Å². The van der Waals surface area contributed by atoms with E-state index >= 15 is 0 Å². The van der Waals surface area contributed by atoms with Crippen LogP contribution in [0.5, 0.6) is 0 Å². The van der Waals surface area contributed by atoms with E-state index in [2.05, 4.69) is 22.6 Å². The standard InChI is InChI=1S/C6H13IO2/c1-6(2)9-4-3-8-5-7/h6H,3-5H2,1-2H3. The molecule has 0 aromatic carbocycles. The van der Waals surface area contributed by atoms with Gasteiger partial charge in [-0.2, -0.15) is 0 Å². The van der Waals surface area contributed by atoms with Gasteiger partial charge in [-0.15, -0.1) is 0 Å². The van der Waals surface area contributed by atoms with Crippen LogP contribution < -0.4 is 0 Å². The first-order chi connectivity index (χ1) is 4.27. The summed E-state index contributed by atoms with van der Waals surface area (Å²) < 4.78 is 11.0. The fourth-order valence-corrected chi connectivity index (χ4v) is 0.709. The minimum absolute atomic E-state index is 0.322. The van der Waals surface area contributed by atoms with Crippen LogP contribution in [-0.2, 0) is 9.47 Å². The summed E-state index contributed by atoms with van der Waals surface area (Å²) in [4.78, 5) is 0. The molecule has 0 spiro atoms. The molecule has 0 rings (SSSR count). The maximum atomic E-state index is 5.22. The quantitative estimate of drug-likeness (QED) is 0.417. The molecule has 2 nitrogen and oxygen atoms in total. The van der Waals surface area contributed by atoms with Crippen molar-refractivity contribution in [1.82, 2.24) is 0 Å². The van der Waals surface area contributed by atoms with E-state index < -0.39 is 0 Å². The van der Waals surface area contributed by atoms with E-state index in [0.717, 1.165) is 4.61 Å². The molecule has 0 N–H and O–H groups in total. The van der Waals surface area contributed by atoms with Gasteiger partial charge in [0.1, 0.15) is 0 Å². The average Bonchev–Trinajstić information content (AvgIpc) is 1.80. The van der Waals surface area contributed by atoms with Gasteiger partial charge in [0.05, 0.1) is 23.9 Å². The van der Waals surface area contributed by atoms with Gasteiger partial charge >= 0.3 is 0 Å². The second kappa shape index (κ2) is 6.77. The van der Waals surface area contributed by atoms with Crippen molar-refractivity contribution in [1.29, 1.82) is 0 Å². The van der Waals surface area contributed by atoms with Crippen molar-refractivity contribution < 1.29 is 9.47 Å². The summed E-state index contributed by atoms with van der Waals surface area (Å²) in [7, 11) is 0. The third-order valence-corrected chi connectivity index (χ3v) is 1.20. The van der Waals surface area contributed by atoms with Crippen molar-refractivity contribution in [2.24, 2.45) is 0 Å². The van der Waals surface area contributed by atoms with Crippen molar-refractivity contribution >= 4 is 22.6 Å². The Morgan fingerprint density at radius 2 is 2.00 bits per heavy atom. The summed E-state index contributed by atoms with van der Waals surface area (Å²) in [6.45, 7) is 5.45. The molecule has 0 aromatic heterocycles. The van der Waals surface area contributed by atoms with E-state index in [0.29, 0.717) is 19.3 Å². The van der Waals surface area contributed by atoms with Crippen molar-refractivity contribution in [3.63, 3.8) is 0 Å². The maximum absolute atomic E-state index is 5.22. The van der Waals surface area contributed by atoms with Gasteiger partial charge in [-0.25, -0.2) is 0 Å². The lowest BCUT2D eigenvalue weighted by atomic mass is 10.5. The number of rotatable bonds is 5. The van der Waals surface area contributed by atoms with Gasteiger partial charge in [0, 0.05) is 0 Å². The topological polar surface area (TPSA) is 18.5 Å². The molecule has 0 radical (unpaired) electrons. The van der Waals surface area contributed by atoms with Gasteiger partial charge in [0.2, 0.25) is 0 Å². The summed E-state index contributed by atoms with van der Waals surface area (Å²) in [6.07, 6.45) is 0.322. The molecule has 0 aromatic rings. The van der Waals surface area contributed by atoms with Crippen LogP contribution in [0.2, 0.25) is 0 Å². The predicted molar refractivity (Wildman–Crippen MR) is 45.9 cm³/mol. The normalized spacial score (nSPS) is 10.7. The number of hydrogen-bond donors (Lipinski definition) is 0. The third kappa shape index (κ3) is 8.65. The fraction of sp³-hybridized carbons (Fsp3) is 1.00. The summed E-state index contributed by atoms with van der Waals surface area (Å²) in [5.41, 5.74) is 0. The minimum atomic E-state index is 0.322. The Labute approximate surface area is 70.1 Å². The highest BCUT2D eigenvalue weighted by molar-refractivity contribution is 14.1.